The molecular formula is C17H21BrClN3O2. The van der Waals surface area contributed by atoms with Gasteiger partial charge in [0.2, 0.25) is 5.91 Å². The number of aromatic nitrogens is 1. The molecule has 1 aromatic rings. The molecule has 1 aliphatic carbocycles. The van der Waals surface area contributed by atoms with Gasteiger partial charge in [-0.1, -0.05) is 18.2 Å². The number of hydrogen-bond acceptors (Lipinski definition) is 4. The van der Waals surface area contributed by atoms with Gasteiger partial charge >= 0.3 is 0 Å². The second-order valence-corrected chi connectivity index (χ2v) is 6.86. The summed E-state index contributed by atoms with van der Waals surface area (Å²) >= 11 is 3.34. The first-order valence-corrected chi connectivity index (χ1v) is 8.42. The fourth-order valence-electron chi connectivity index (χ4n) is 3.08. The van der Waals surface area contributed by atoms with Crippen molar-refractivity contribution in [3.8, 4) is 0 Å². The van der Waals surface area contributed by atoms with Gasteiger partial charge in [0.15, 0.2) is 0 Å². The molecule has 1 aliphatic heterocycles. The van der Waals surface area contributed by atoms with Crippen LogP contribution < -0.4 is 10.6 Å². The number of carbonyl (C=O) groups is 1. The molecule has 1 aromatic heterocycles. The molecular weight excluding hydrogens is 394 g/mol. The topological polar surface area (TPSA) is 63.2 Å². The standard InChI is InChI=1S/C17H20BrN3O2.ClH/c1-3-7-23-10-11-5-6-14(18)20-15(11)21-16(22)12-8-17(4-2)9-13(17)19-12;/h3-6,12-13,19H,1-2,7-10H2,(H,20,21,22);1H/t12-,13+,17-;/m0./s1. The summed E-state index contributed by atoms with van der Waals surface area (Å²) in [6, 6.07) is 3.91. The van der Waals surface area contributed by atoms with Crippen LogP contribution in [0.3, 0.4) is 0 Å². The Morgan fingerprint density at radius 2 is 2.29 bits per heavy atom. The van der Waals surface area contributed by atoms with E-state index >= 15 is 0 Å². The zero-order valence-electron chi connectivity index (χ0n) is 13.3. The van der Waals surface area contributed by atoms with Crippen molar-refractivity contribution in [2.24, 2.45) is 5.41 Å². The lowest BCUT2D eigenvalue weighted by molar-refractivity contribution is -0.118. The zero-order chi connectivity index (χ0) is 16.4. The van der Waals surface area contributed by atoms with E-state index in [1.54, 1.807) is 6.08 Å². The fraction of sp³-hybridized carbons (Fsp3) is 0.412. The van der Waals surface area contributed by atoms with Gasteiger partial charge in [-0.05, 0) is 34.8 Å². The number of hydrogen-bond donors (Lipinski definition) is 2. The number of fused-ring (bicyclic) bond motifs is 1. The number of piperidine rings is 1. The number of pyridine rings is 1. The highest BCUT2D eigenvalue weighted by atomic mass is 79.9. The molecule has 2 fully saturated rings. The zero-order valence-corrected chi connectivity index (χ0v) is 15.7. The average Bonchev–Trinajstić information content (AvgIpc) is 3.10. The largest absolute Gasteiger partial charge is 0.373 e. The van der Waals surface area contributed by atoms with Crippen LogP contribution in [0.4, 0.5) is 5.82 Å². The Bertz CT molecular complexity index is 655. The minimum absolute atomic E-state index is 0. The number of rotatable bonds is 7. The van der Waals surface area contributed by atoms with Crippen LogP contribution in [-0.4, -0.2) is 29.6 Å². The van der Waals surface area contributed by atoms with Crippen molar-refractivity contribution in [2.45, 2.75) is 31.5 Å². The first-order chi connectivity index (χ1) is 11.1. The van der Waals surface area contributed by atoms with Crippen LogP contribution in [0.2, 0.25) is 0 Å². The Morgan fingerprint density at radius 1 is 1.50 bits per heavy atom. The van der Waals surface area contributed by atoms with Crippen LogP contribution in [0.1, 0.15) is 18.4 Å². The highest BCUT2D eigenvalue weighted by Gasteiger charge is 2.59. The molecule has 3 rings (SSSR count). The second kappa shape index (κ2) is 7.78. The minimum atomic E-state index is -0.200. The maximum Gasteiger partial charge on any atom is 0.242 e. The van der Waals surface area contributed by atoms with Gasteiger partial charge in [0.05, 0.1) is 19.3 Å². The van der Waals surface area contributed by atoms with Crippen molar-refractivity contribution >= 4 is 40.1 Å². The molecule has 0 aromatic carbocycles. The number of carbonyl (C=O) groups excluding carboxylic acids is 1. The van der Waals surface area contributed by atoms with Crippen LogP contribution >= 0.6 is 28.3 Å². The number of nitrogens with one attached hydrogen (secondary N) is 2. The highest BCUT2D eigenvalue weighted by molar-refractivity contribution is 9.10. The normalized spacial score (nSPS) is 26.9. The van der Waals surface area contributed by atoms with Gasteiger partial charge in [-0.25, -0.2) is 4.98 Å². The van der Waals surface area contributed by atoms with Crippen molar-refractivity contribution in [3.05, 3.63) is 47.6 Å². The van der Waals surface area contributed by atoms with Crippen LogP contribution in [0.15, 0.2) is 42.0 Å². The Labute approximate surface area is 156 Å². The predicted octanol–water partition coefficient (Wildman–Crippen LogP) is 3.21. The van der Waals surface area contributed by atoms with Gasteiger partial charge in [0.25, 0.3) is 0 Å². The lowest BCUT2D eigenvalue weighted by atomic mass is 10.00. The van der Waals surface area contributed by atoms with Crippen LogP contribution in [-0.2, 0) is 16.1 Å². The summed E-state index contributed by atoms with van der Waals surface area (Å²) in [7, 11) is 0. The Kier molecular flexibility index (Phi) is 6.20. The van der Waals surface area contributed by atoms with Crippen molar-refractivity contribution in [1.29, 1.82) is 0 Å². The van der Waals surface area contributed by atoms with Crippen molar-refractivity contribution in [1.82, 2.24) is 10.3 Å². The summed E-state index contributed by atoms with van der Waals surface area (Å²) in [5.74, 6) is 0.470. The first-order valence-electron chi connectivity index (χ1n) is 7.62. The van der Waals surface area contributed by atoms with Gasteiger partial charge in [-0.2, -0.15) is 0 Å². The van der Waals surface area contributed by atoms with Crippen LogP contribution in [0.25, 0.3) is 0 Å². The maximum absolute atomic E-state index is 12.5. The maximum atomic E-state index is 12.5. The Balaban J connectivity index is 0.00000208. The summed E-state index contributed by atoms with van der Waals surface area (Å²) in [5.41, 5.74) is 0.952. The molecule has 0 bridgehead atoms. The molecule has 3 atom stereocenters. The van der Waals surface area contributed by atoms with E-state index in [0.717, 1.165) is 18.4 Å². The SMILES string of the molecule is C=CCOCc1ccc(Br)nc1NC(=O)[C@@H]1C[C@@]2(C=C)C[C@H]2N1.Cl. The van der Waals surface area contributed by atoms with Crippen molar-refractivity contribution in [3.63, 3.8) is 0 Å². The molecule has 24 heavy (non-hydrogen) atoms. The molecule has 1 saturated carbocycles. The van der Waals surface area contributed by atoms with E-state index < -0.39 is 0 Å². The summed E-state index contributed by atoms with van der Waals surface area (Å²) in [4.78, 5) is 16.9. The summed E-state index contributed by atoms with van der Waals surface area (Å²) in [5, 5.41) is 6.28. The molecule has 5 nitrogen and oxygen atoms in total. The molecule has 2 aliphatic rings. The van der Waals surface area contributed by atoms with Gasteiger partial charge in [0.1, 0.15) is 10.4 Å². The third-order valence-electron chi connectivity index (χ3n) is 4.51. The van der Waals surface area contributed by atoms with Gasteiger partial charge in [-0.15, -0.1) is 25.6 Å². The quantitative estimate of drug-likeness (QED) is 0.408. The lowest BCUT2D eigenvalue weighted by Crippen LogP contribution is -2.38. The van der Waals surface area contributed by atoms with E-state index in [1.165, 1.54) is 0 Å². The molecule has 0 spiro atoms. The average molecular weight is 415 g/mol. The van der Waals surface area contributed by atoms with Crippen LogP contribution in [0, 0.1) is 5.41 Å². The fourth-order valence-corrected chi connectivity index (χ4v) is 3.39. The summed E-state index contributed by atoms with van der Waals surface area (Å²) in [6.07, 6.45) is 5.54. The molecule has 7 heteroatoms. The van der Waals surface area contributed by atoms with Gasteiger partial charge in [0, 0.05) is 17.0 Å². The Morgan fingerprint density at radius 3 is 2.96 bits per heavy atom. The number of anilines is 1. The predicted molar refractivity (Wildman–Crippen MR) is 100 cm³/mol. The van der Waals surface area contributed by atoms with E-state index in [-0.39, 0.29) is 29.8 Å². The van der Waals surface area contributed by atoms with E-state index in [4.69, 9.17) is 4.74 Å². The molecule has 1 amide bonds. The molecule has 130 valence electrons. The number of nitrogens with zero attached hydrogens (tertiary/aromatic N) is 1. The molecule has 1 saturated heterocycles. The van der Waals surface area contributed by atoms with Crippen LogP contribution in [0.5, 0.6) is 0 Å². The minimum Gasteiger partial charge on any atom is -0.373 e. The summed E-state index contributed by atoms with van der Waals surface area (Å²) in [6.45, 7) is 8.34. The molecule has 0 radical (unpaired) electrons. The van der Waals surface area contributed by atoms with E-state index in [9.17, 15) is 4.79 Å². The highest BCUT2D eigenvalue weighted by Crippen LogP contribution is 2.55. The Hall–Kier alpha value is -1.21. The summed E-state index contributed by atoms with van der Waals surface area (Å²) < 4.78 is 6.13. The monoisotopic (exact) mass is 413 g/mol. The van der Waals surface area contributed by atoms with E-state index in [0.29, 0.717) is 29.7 Å². The third kappa shape index (κ3) is 3.88. The lowest BCUT2D eigenvalue weighted by Gasteiger charge is -2.16. The van der Waals surface area contributed by atoms with Gasteiger partial charge in [-0.3, -0.25) is 4.79 Å². The van der Waals surface area contributed by atoms with Crippen molar-refractivity contribution in [2.75, 3.05) is 11.9 Å². The molecule has 2 heterocycles. The third-order valence-corrected chi connectivity index (χ3v) is 4.95. The molecule has 0 unspecified atom stereocenters. The number of halogens is 2. The van der Waals surface area contributed by atoms with E-state index in [2.05, 4.69) is 44.7 Å². The smallest absolute Gasteiger partial charge is 0.242 e. The molecule has 2 N–H and O–H groups in total. The first kappa shape index (κ1) is 19.1. The second-order valence-electron chi connectivity index (χ2n) is 6.05. The van der Waals surface area contributed by atoms with Crippen molar-refractivity contribution < 1.29 is 9.53 Å². The van der Waals surface area contributed by atoms with E-state index in [1.807, 2.05) is 18.2 Å². The number of ether oxygens (including phenoxy) is 1. The van der Waals surface area contributed by atoms with Gasteiger partial charge < -0.3 is 15.4 Å². The number of amides is 1.